The van der Waals surface area contributed by atoms with E-state index in [1.54, 1.807) is 0 Å². The molecule has 1 atom stereocenters. The number of nitrogens with zero attached hydrogens (tertiary/aromatic N) is 2. The Kier molecular flexibility index (Phi) is 4.10. The zero-order valence-electron chi connectivity index (χ0n) is 11.0. The minimum atomic E-state index is 0.110. The molecule has 0 aliphatic carbocycles. The van der Waals surface area contributed by atoms with Crippen molar-refractivity contribution in [2.75, 3.05) is 13.6 Å². The molecule has 1 rings (SSSR count). The second-order valence-electron chi connectivity index (χ2n) is 5.52. The van der Waals surface area contributed by atoms with Gasteiger partial charge in [0.1, 0.15) is 0 Å². The zero-order valence-corrected chi connectivity index (χ0v) is 11.0. The third-order valence-corrected chi connectivity index (χ3v) is 2.98. The summed E-state index contributed by atoms with van der Waals surface area (Å²) in [5.41, 5.74) is 8.24. The fraction of sp³-hybridized carbons (Fsp3) is 0.750. The van der Waals surface area contributed by atoms with E-state index in [4.69, 9.17) is 5.73 Å². The molecule has 0 unspecified atom stereocenters. The van der Waals surface area contributed by atoms with Crippen molar-refractivity contribution in [3.63, 3.8) is 0 Å². The first-order valence-corrected chi connectivity index (χ1v) is 5.79. The maximum Gasteiger partial charge on any atom is 0.0535 e. The van der Waals surface area contributed by atoms with E-state index >= 15 is 0 Å². The molecular weight excluding hydrogens is 200 g/mol. The Hall–Kier alpha value is -0.870. The predicted octanol–water partition coefficient (Wildman–Crippen LogP) is 1.49. The topological polar surface area (TPSA) is 57.9 Å². The first kappa shape index (κ1) is 13.2. The molecule has 0 aromatic carbocycles. The van der Waals surface area contributed by atoms with Crippen molar-refractivity contribution in [1.82, 2.24) is 15.1 Å². The van der Waals surface area contributed by atoms with E-state index in [1.807, 2.05) is 6.20 Å². The van der Waals surface area contributed by atoms with E-state index in [0.717, 1.165) is 6.54 Å². The number of nitrogens with two attached hydrogens (primary N) is 1. The van der Waals surface area contributed by atoms with Crippen LogP contribution in [0.5, 0.6) is 0 Å². The average molecular weight is 224 g/mol. The molecule has 0 aliphatic rings. The molecule has 1 aromatic rings. The summed E-state index contributed by atoms with van der Waals surface area (Å²) in [6, 6.07) is 0.391. The van der Waals surface area contributed by atoms with E-state index in [2.05, 4.69) is 49.8 Å². The fourth-order valence-corrected chi connectivity index (χ4v) is 1.68. The third-order valence-electron chi connectivity index (χ3n) is 2.98. The van der Waals surface area contributed by atoms with E-state index < -0.39 is 0 Å². The van der Waals surface area contributed by atoms with Crippen LogP contribution in [0, 0.1) is 0 Å². The van der Waals surface area contributed by atoms with Gasteiger partial charge in [0.25, 0.3) is 0 Å². The van der Waals surface area contributed by atoms with Gasteiger partial charge in [0, 0.05) is 35.8 Å². The highest BCUT2D eigenvalue weighted by molar-refractivity contribution is 5.23. The molecule has 0 bridgehead atoms. The van der Waals surface area contributed by atoms with Crippen LogP contribution in [0.25, 0.3) is 0 Å². The molecule has 1 heterocycles. The third kappa shape index (κ3) is 3.06. The minimum Gasteiger partial charge on any atom is -0.329 e. The van der Waals surface area contributed by atoms with Gasteiger partial charge in [-0.25, -0.2) is 0 Å². The zero-order chi connectivity index (χ0) is 12.3. The summed E-state index contributed by atoms with van der Waals surface area (Å²) in [5.74, 6) is 0. The van der Waals surface area contributed by atoms with E-state index in [9.17, 15) is 0 Å². The number of hydrogen-bond donors (Lipinski definition) is 2. The van der Waals surface area contributed by atoms with Crippen molar-refractivity contribution in [3.8, 4) is 0 Å². The summed E-state index contributed by atoms with van der Waals surface area (Å²) < 4.78 is 0. The predicted molar refractivity (Wildman–Crippen MR) is 67.3 cm³/mol. The van der Waals surface area contributed by atoms with Gasteiger partial charge in [-0.3, -0.25) is 10.00 Å². The number of hydrogen-bond acceptors (Lipinski definition) is 3. The lowest BCUT2D eigenvalue weighted by atomic mass is 9.89. The van der Waals surface area contributed by atoms with Crippen LogP contribution < -0.4 is 5.73 Å². The van der Waals surface area contributed by atoms with Gasteiger partial charge in [-0.1, -0.05) is 20.8 Å². The average Bonchev–Trinajstić information content (AvgIpc) is 2.63. The van der Waals surface area contributed by atoms with Crippen molar-refractivity contribution in [2.45, 2.75) is 45.7 Å². The Labute approximate surface area is 98.2 Å². The van der Waals surface area contributed by atoms with Crippen molar-refractivity contribution < 1.29 is 0 Å². The second kappa shape index (κ2) is 4.97. The summed E-state index contributed by atoms with van der Waals surface area (Å²) in [7, 11) is 2.09. The van der Waals surface area contributed by atoms with Crippen LogP contribution in [0.3, 0.4) is 0 Å². The normalized spacial score (nSPS) is 14.4. The smallest absolute Gasteiger partial charge is 0.0535 e. The number of H-pyrrole nitrogens is 1. The van der Waals surface area contributed by atoms with Crippen molar-refractivity contribution in [3.05, 3.63) is 17.5 Å². The lowest BCUT2D eigenvalue weighted by Gasteiger charge is -2.25. The van der Waals surface area contributed by atoms with Crippen LogP contribution in [0.2, 0.25) is 0 Å². The van der Waals surface area contributed by atoms with Gasteiger partial charge in [-0.05, 0) is 14.0 Å². The Morgan fingerprint density at radius 1 is 1.50 bits per heavy atom. The molecule has 0 aliphatic heterocycles. The van der Waals surface area contributed by atoms with Crippen LogP contribution in [-0.2, 0) is 12.0 Å². The summed E-state index contributed by atoms with van der Waals surface area (Å²) in [6.07, 6.45) is 1.92. The van der Waals surface area contributed by atoms with E-state index in [-0.39, 0.29) is 5.41 Å². The number of aromatic amines is 1. The quantitative estimate of drug-likeness (QED) is 0.814. The lowest BCUT2D eigenvalue weighted by molar-refractivity contribution is 0.253. The van der Waals surface area contributed by atoms with Crippen molar-refractivity contribution in [1.29, 1.82) is 0 Å². The SMILES string of the molecule is C[C@@H](CN)N(C)Cc1cn[nH]c1C(C)(C)C. The number of aromatic nitrogens is 2. The van der Waals surface area contributed by atoms with Gasteiger partial charge < -0.3 is 5.73 Å². The highest BCUT2D eigenvalue weighted by atomic mass is 15.2. The van der Waals surface area contributed by atoms with Crippen LogP contribution in [0.1, 0.15) is 39.0 Å². The van der Waals surface area contributed by atoms with Gasteiger partial charge in [0.05, 0.1) is 6.20 Å². The molecule has 0 spiro atoms. The summed E-state index contributed by atoms with van der Waals surface area (Å²) in [6.45, 7) is 10.3. The standard InChI is InChI=1S/C12H24N4/c1-9(6-13)16(5)8-10-7-14-15-11(10)12(2,3)4/h7,9H,6,8,13H2,1-5H3,(H,14,15)/t9-/m0/s1. The first-order valence-electron chi connectivity index (χ1n) is 5.79. The Morgan fingerprint density at radius 3 is 2.62 bits per heavy atom. The Balaban J connectivity index is 2.79. The highest BCUT2D eigenvalue weighted by Crippen LogP contribution is 2.24. The van der Waals surface area contributed by atoms with Gasteiger partial charge in [0.2, 0.25) is 0 Å². The van der Waals surface area contributed by atoms with Crippen molar-refractivity contribution in [2.24, 2.45) is 5.73 Å². The molecule has 0 radical (unpaired) electrons. The lowest BCUT2D eigenvalue weighted by Crippen LogP contribution is -2.35. The van der Waals surface area contributed by atoms with E-state index in [0.29, 0.717) is 12.6 Å². The molecule has 4 nitrogen and oxygen atoms in total. The largest absolute Gasteiger partial charge is 0.329 e. The number of likely N-dealkylation sites (N-methyl/N-ethyl adjacent to an activating group) is 1. The van der Waals surface area contributed by atoms with Gasteiger partial charge >= 0.3 is 0 Å². The molecule has 0 saturated heterocycles. The van der Waals surface area contributed by atoms with Crippen LogP contribution in [-0.4, -0.2) is 34.7 Å². The monoisotopic (exact) mass is 224 g/mol. The molecule has 3 N–H and O–H groups in total. The summed E-state index contributed by atoms with van der Waals surface area (Å²) in [4.78, 5) is 2.25. The van der Waals surface area contributed by atoms with Gasteiger partial charge in [-0.2, -0.15) is 5.10 Å². The molecule has 4 heteroatoms. The minimum absolute atomic E-state index is 0.110. The van der Waals surface area contributed by atoms with Crippen LogP contribution in [0.15, 0.2) is 6.20 Å². The van der Waals surface area contributed by atoms with Gasteiger partial charge in [-0.15, -0.1) is 0 Å². The van der Waals surface area contributed by atoms with E-state index in [1.165, 1.54) is 11.3 Å². The number of nitrogens with one attached hydrogen (secondary N) is 1. The Bertz CT molecular complexity index is 324. The molecule has 1 aromatic heterocycles. The fourth-order valence-electron chi connectivity index (χ4n) is 1.68. The highest BCUT2D eigenvalue weighted by Gasteiger charge is 2.21. The maximum absolute atomic E-state index is 5.66. The molecule has 92 valence electrons. The summed E-state index contributed by atoms with van der Waals surface area (Å²) >= 11 is 0. The van der Waals surface area contributed by atoms with Crippen LogP contribution >= 0.6 is 0 Å². The van der Waals surface area contributed by atoms with Gasteiger partial charge in [0.15, 0.2) is 0 Å². The molecule has 0 amide bonds. The van der Waals surface area contributed by atoms with Crippen LogP contribution in [0.4, 0.5) is 0 Å². The Morgan fingerprint density at radius 2 is 2.12 bits per heavy atom. The second-order valence-corrected chi connectivity index (χ2v) is 5.52. The summed E-state index contributed by atoms with van der Waals surface area (Å²) in [5, 5.41) is 7.24. The maximum atomic E-state index is 5.66. The molecule has 0 saturated carbocycles. The molecule has 16 heavy (non-hydrogen) atoms. The first-order chi connectivity index (χ1) is 7.36. The number of rotatable bonds is 4. The molecule has 0 fully saturated rings. The van der Waals surface area contributed by atoms with Crippen molar-refractivity contribution >= 4 is 0 Å². The molecular formula is C12H24N4.